The first-order valence-electron chi connectivity index (χ1n) is 8.59. The number of ether oxygens (including phenoxy) is 2. The lowest BCUT2D eigenvalue weighted by molar-refractivity contribution is 0.0601. The maximum Gasteiger partial charge on any atom is 0.341 e. The van der Waals surface area contributed by atoms with Crippen LogP contribution in [0, 0.1) is 6.92 Å². The van der Waals surface area contributed by atoms with E-state index in [9.17, 15) is 10.0 Å². The van der Waals surface area contributed by atoms with E-state index in [4.69, 9.17) is 21.1 Å². The average Bonchev–Trinajstić information content (AvgIpc) is 3.06. The van der Waals surface area contributed by atoms with E-state index in [1.807, 2.05) is 12.1 Å². The van der Waals surface area contributed by atoms with E-state index in [2.05, 4.69) is 10.5 Å². The number of thiophene rings is 1. The molecule has 0 atom stereocenters. The van der Waals surface area contributed by atoms with Crippen LogP contribution in [0.4, 0.5) is 10.7 Å². The van der Waals surface area contributed by atoms with E-state index in [0.717, 1.165) is 5.69 Å². The van der Waals surface area contributed by atoms with Crippen molar-refractivity contribution in [3.05, 3.63) is 75.1 Å². The third kappa shape index (κ3) is 4.36. The highest BCUT2D eigenvalue weighted by Crippen LogP contribution is 2.37. The Hall–Kier alpha value is -3.03. The monoisotopic (exact) mass is 430 g/mol. The molecule has 0 aliphatic rings. The third-order valence-electron chi connectivity index (χ3n) is 4.32. The highest BCUT2D eigenvalue weighted by Gasteiger charge is 2.25. The van der Waals surface area contributed by atoms with Crippen LogP contribution in [0.5, 0.6) is 5.75 Å². The fourth-order valence-corrected chi connectivity index (χ4v) is 4.17. The van der Waals surface area contributed by atoms with E-state index in [1.165, 1.54) is 18.4 Å². The summed E-state index contributed by atoms with van der Waals surface area (Å²) in [6.07, 6.45) is 0. The Labute approximate surface area is 177 Å². The first kappa shape index (κ1) is 20.7. The van der Waals surface area contributed by atoms with Crippen LogP contribution in [0.15, 0.2) is 53.7 Å². The summed E-state index contributed by atoms with van der Waals surface area (Å²) in [5.74, 6) is 0.211. The maximum absolute atomic E-state index is 12.4. The van der Waals surface area contributed by atoms with Gasteiger partial charge in [0.25, 0.3) is 0 Å². The zero-order chi connectivity index (χ0) is 21.0. The molecule has 3 rings (SSSR count). The summed E-state index contributed by atoms with van der Waals surface area (Å²) in [6, 6.07) is 14.2. The molecule has 2 aromatic carbocycles. The average molecular weight is 431 g/mol. The number of nitrogens with zero attached hydrogens (tertiary/aromatic N) is 1. The van der Waals surface area contributed by atoms with E-state index in [-0.39, 0.29) is 0 Å². The minimum Gasteiger partial charge on any atom is -0.497 e. The molecule has 0 fully saturated rings. The van der Waals surface area contributed by atoms with Gasteiger partial charge in [0.2, 0.25) is 0 Å². The van der Waals surface area contributed by atoms with Crippen LogP contribution in [0.25, 0.3) is 0 Å². The van der Waals surface area contributed by atoms with Gasteiger partial charge in [-0.25, -0.2) is 4.79 Å². The van der Waals surface area contributed by atoms with E-state index in [0.29, 0.717) is 43.1 Å². The number of carbonyl (C=O) groups is 1. The normalized spacial score (nSPS) is 11.2. The van der Waals surface area contributed by atoms with Crippen molar-refractivity contribution in [3.63, 3.8) is 0 Å². The number of oxime groups is 1. The topological polar surface area (TPSA) is 80.2 Å². The number of carbonyl (C=O) groups excluding carboxylic acids is 1. The lowest BCUT2D eigenvalue weighted by atomic mass is 10.0. The number of rotatable bonds is 6. The van der Waals surface area contributed by atoms with Crippen molar-refractivity contribution in [2.24, 2.45) is 5.16 Å². The quantitative estimate of drug-likeness (QED) is 0.234. The van der Waals surface area contributed by atoms with Crippen LogP contribution >= 0.6 is 22.9 Å². The molecule has 1 aromatic heterocycles. The van der Waals surface area contributed by atoms with Crippen LogP contribution in [0.2, 0.25) is 5.02 Å². The molecular formula is C21H19ClN2O4S. The molecule has 29 heavy (non-hydrogen) atoms. The second-order valence-corrected chi connectivity index (χ2v) is 7.52. The molecule has 3 aromatic rings. The van der Waals surface area contributed by atoms with Gasteiger partial charge in [-0.2, -0.15) is 0 Å². The molecule has 0 amide bonds. The summed E-state index contributed by atoms with van der Waals surface area (Å²) in [4.78, 5) is 13.1. The number of nitrogens with one attached hydrogen (secondary N) is 1. The summed E-state index contributed by atoms with van der Waals surface area (Å²) in [5, 5.41) is 17.6. The Bertz CT molecular complexity index is 1040. The van der Waals surface area contributed by atoms with Gasteiger partial charge in [0.15, 0.2) is 0 Å². The fraction of sp³-hybridized carbons (Fsp3) is 0.143. The Morgan fingerprint density at radius 3 is 2.31 bits per heavy atom. The molecule has 0 aliphatic heterocycles. The summed E-state index contributed by atoms with van der Waals surface area (Å²) < 4.78 is 10.1. The molecule has 150 valence electrons. The van der Waals surface area contributed by atoms with Crippen molar-refractivity contribution in [2.45, 2.75) is 6.92 Å². The molecule has 6 nitrogen and oxygen atoms in total. The first-order chi connectivity index (χ1) is 14.0. The summed E-state index contributed by atoms with van der Waals surface area (Å²) >= 11 is 7.25. The predicted molar refractivity (Wildman–Crippen MR) is 116 cm³/mol. The highest BCUT2D eigenvalue weighted by molar-refractivity contribution is 7.19. The molecule has 0 unspecified atom stereocenters. The minimum atomic E-state index is -0.478. The number of anilines is 2. The number of halogens is 1. The van der Waals surface area contributed by atoms with Crippen molar-refractivity contribution in [1.82, 2.24) is 0 Å². The van der Waals surface area contributed by atoms with Crippen molar-refractivity contribution < 1.29 is 19.5 Å². The Morgan fingerprint density at radius 1 is 1.10 bits per heavy atom. The Morgan fingerprint density at radius 2 is 1.76 bits per heavy atom. The van der Waals surface area contributed by atoms with Gasteiger partial charge in [0.05, 0.1) is 24.7 Å². The van der Waals surface area contributed by atoms with Gasteiger partial charge in [0, 0.05) is 16.3 Å². The molecule has 0 spiro atoms. The van der Waals surface area contributed by atoms with E-state index in [1.54, 1.807) is 50.4 Å². The first-order valence-corrected chi connectivity index (χ1v) is 9.79. The van der Waals surface area contributed by atoms with Crippen LogP contribution in [0.1, 0.15) is 26.4 Å². The van der Waals surface area contributed by atoms with Gasteiger partial charge in [0.1, 0.15) is 16.5 Å². The number of benzene rings is 2. The van der Waals surface area contributed by atoms with Gasteiger partial charge in [-0.3, -0.25) is 0 Å². The van der Waals surface area contributed by atoms with Gasteiger partial charge in [-0.15, -0.1) is 11.3 Å². The molecule has 0 saturated heterocycles. The van der Waals surface area contributed by atoms with Crippen molar-refractivity contribution in [3.8, 4) is 5.75 Å². The molecule has 0 radical (unpaired) electrons. The molecule has 1 heterocycles. The number of methoxy groups -OCH3 is 2. The minimum absolute atomic E-state index is 0.351. The largest absolute Gasteiger partial charge is 0.497 e. The standard InChI is InChI=1S/C21H19ClN2O4S/c1-12-17(21(25)28-3)20(23-15-8-6-14(22)7-9-15)29-19(12)18(24-26)13-4-10-16(27-2)11-5-13/h4-11,23,26H,1-3H3/b24-18+. The summed E-state index contributed by atoms with van der Waals surface area (Å²) in [5.41, 5.74) is 2.84. The van der Waals surface area contributed by atoms with Crippen LogP contribution in [0.3, 0.4) is 0 Å². The van der Waals surface area contributed by atoms with Crippen molar-refractivity contribution in [1.29, 1.82) is 0 Å². The summed E-state index contributed by atoms with van der Waals surface area (Å²) in [7, 11) is 2.91. The van der Waals surface area contributed by atoms with Crippen molar-refractivity contribution >= 4 is 45.3 Å². The van der Waals surface area contributed by atoms with Gasteiger partial charge in [-0.1, -0.05) is 16.8 Å². The smallest absolute Gasteiger partial charge is 0.341 e. The third-order valence-corrected chi connectivity index (χ3v) is 5.78. The molecule has 0 saturated carbocycles. The van der Waals surface area contributed by atoms with E-state index < -0.39 is 5.97 Å². The van der Waals surface area contributed by atoms with Crippen LogP contribution < -0.4 is 10.1 Å². The highest BCUT2D eigenvalue weighted by atomic mass is 35.5. The Kier molecular flexibility index (Phi) is 6.41. The number of hydrogen-bond acceptors (Lipinski definition) is 7. The summed E-state index contributed by atoms with van der Waals surface area (Å²) in [6.45, 7) is 1.79. The lowest BCUT2D eigenvalue weighted by Gasteiger charge is -2.07. The Balaban J connectivity index is 2.07. The second-order valence-electron chi connectivity index (χ2n) is 6.06. The SMILES string of the molecule is COC(=O)c1c(Nc2ccc(Cl)cc2)sc(/C(=N/O)c2ccc(OC)cc2)c1C. The van der Waals surface area contributed by atoms with E-state index >= 15 is 0 Å². The maximum atomic E-state index is 12.4. The zero-order valence-corrected chi connectivity index (χ0v) is 17.6. The molecule has 2 N–H and O–H groups in total. The lowest BCUT2D eigenvalue weighted by Crippen LogP contribution is -2.07. The zero-order valence-electron chi connectivity index (χ0n) is 16.0. The second kappa shape index (κ2) is 8.98. The van der Waals surface area contributed by atoms with Gasteiger partial charge >= 0.3 is 5.97 Å². The van der Waals surface area contributed by atoms with Gasteiger partial charge < -0.3 is 20.0 Å². The van der Waals surface area contributed by atoms with Crippen LogP contribution in [-0.4, -0.2) is 31.1 Å². The molecule has 0 bridgehead atoms. The van der Waals surface area contributed by atoms with Crippen LogP contribution in [-0.2, 0) is 4.74 Å². The van der Waals surface area contributed by atoms with Gasteiger partial charge in [-0.05, 0) is 61.0 Å². The molecule has 8 heteroatoms. The molecule has 0 aliphatic carbocycles. The number of esters is 1. The molecular weight excluding hydrogens is 412 g/mol. The van der Waals surface area contributed by atoms with Crippen molar-refractivity contribution in [2.75, 3.05) is 19.5 Å². The number of hydrogen-bond donors (Lipinski definition) is 2. The fourth-order valence-electron chi connectivity index (χ4n) is 2.82. The predicted octanol–water partition coefficient (Wildman–Crippen LogP) is 5.48.